The van der Waals surface area contributed by atoms with E-state index >= 15 is 0 Å². The topological polar surface area (TPSA) is 108 Å². The van der Waals surface area contributed by atoms with E-state index in [0.29, 0.717) is 12.1 Å². The van der Waals surface area contributed by atoms with Gasteiger partial charge in [-0.15, -0.1) is 0 Å². The largest absolute Gasteiger partial charge is 0.461 e. The number of ether oxygens (including phenoxy) is 4. The molecule has 0 saturated carbocycles. The van der Waals surface area contributed by atoms with Gasteiger partial charge in [0.1, 0.15) is 28.6 Å². The Kier molecular flexibility index (Phi) is 8.95. The predicted molar refractivity (Wildman–Crippen MR) is 121 cm³/mol. The SMILES string of the molecule is C=CC(=O)Oc1cc(OC(O)C=C)cc(-c2cc(OC(=O)C=C)cc(OC(=O)C=C)c2C(F)(F)F)c1. The van der Waals surface area contributed by atoms with Crippen LogP contribution in [-0.2, 0) is 20.6 Å². The minimum atomic E-state index is -5.09. The van der Waals surface area contributed by atoms with Crippen molar-refractivity contribution in [3.8, 4) is 34.1 Å². The molecule has 1 N–H and O–H groups in total. The van der Waals surface area contributed by atoms with Gasteiger partial charge < -0.3 is 24.1 Å². The second kappa shape index (κ2) is 11.7. The monoisotopic (exact) mass is 504 g/mol. The number of alkyl halides is 3. The fraction of sp³-hybridized carbons (Fsp3) is 0.0800. The van der Waals surface area contributed by atoms with Crippen LogP contribution in [0.1, 0.15) is 5.56 Å². The normalized spacial score (nSPS) is 11.4. The molecule has 8 nitrogen and oxygen atoms in total. The van der Waals surface area contributed by atoms with Crippen molar-refractivity contribution in [2.24, 2.45) is 0 Å². The Bertz CT molecular complexity index is 1230. The molecule has 0 aliphatic carbocycles. The van der Waals surface area contributed by atoms with Crippen LogP contribution in [0.2, 0.25) is 0 Å². The molecule has 0 aliphatic rings. The number of hydrogen-bond acceptors (Lipinski definition) is 8. The summed E-state index contributed by atoms with van der Waals surface area (Å²) in [5.74, 6) is -5.10. The Morgan fingerprint density at radius 2 is 1.28 bits per heavy atom. The quantitative estimate of drug-likeness (QED) is 0.165. The standard InChI is InChI=1S/C25H19F3O8/c1-5-20(29)33-15-9-14(10-16(11-15)34-21(30)6-2)18-12-17(35-22(31)7-3)13-19(36-23(32)8-4)24(18)25(26,27)28/h5-13,20,29H,1-4H2. The van der Waals surface area contributed by atoms with E-state index in [2.05, 4.69) is 26.3 Å². The van der Waals surface area contributed by atoms with Crippen molar-refractivity contribution < 1.29 is 51.6 Å². The van der Waals surface area contributed by atoms with Gasteiger partial charge >= 0.3 is 24.1 Å². The van der Waals surface area contributed by atoms with Crippen LogP contribution in [-0.4, -0.2) is 29.3 Å². The maximum atomic E-state index is 14.2. The van der Waals surface area contributed by atoms with Crippen LogP contribution in [0.3, 0.4) is 0 Å². The number of aliphatic hydroxyl groups excluding tert-OH is 1. The molecule has 0 saturated heterocycles. The Hall–Kier alpha value is -4.64. The molecule has 0 radical (unpaired) electrons. The second-order valence-corrected chi connectivity index (χ2v) is 6.65. The minimum Gasteiger partial charge on any atom is -0.461 e. The van der Waals surface area contributed by atoms with Crippen molar-refractivity contribution in [3.63, 3.8) is 0 Å². The molecular formula is C25H19F3O8. The molecule has 188 valence electrons. The highest BCUT2D eigenvalue weighted by Gasteiger charge is 2.39. The van der Waals surface area contributed by atoms with Crippen molar-refractivity contribution >= 4 is 17.9 Å². The first kappa shape index (κ1) is 27.6. The molecule has 36 heavy (non-hydrogen) atoms. The molecule has 0 aliphatic heterocycles. The first-order valence-electron chi connectivity index (χ1n) is 9.82. The van der Waals surface area contributed by atoms with Crippen LogP contribution in [0.5, 0.6) is 23.0 Å². The van der Waals surface area contributed by atoms with Gasteiger partial charge in [0, 0.05) is 35.9 Å². The van der Waals surface area contributed by atoms with Crippen LogP contribution in [0, 0.1) is 0 Å². The lowest BCUT2D eigenvalue weighted by molar-refractivity contribution is -0.140. The maximum Gasteiger partial charge on any atom is 0.420 e. The average Bonchev–Trinajstić information content (AvgIpc) is 2.82. The molecule has 11 heteroatoms. The van der Waals surface area contributed by atoms with Crippen LogP contribution in [0.25, 0.3) is 11.1 Å². The van der Waals surface area contributed by atoms with E-state index in [1.807, 2.05) is 0 Å². The number of halogens is 3. The molecule has 0 amide bonds. The molecule has 1 atom stereocenters. The first-order valence-corrected chi connectivity index (χ1v) is 9.82. The highest BCUT2D eigenvalue weighted by atomic mass is 19.4. The number of benzene rings is 2. The van der Waals surface area contributed by atoms with E-state index in [-0.39, 0.29) is 17.1 Å². The van der Waals surface area contributed by atoms with Crippen molar-refractivity contribution in [1.29, 1.82) is 0 Å². The van der Waals surface area contributed by atoms with Gasteiger partial charge in [-0.2, -0.15) is 13.2 Å². The van der Waals surface area contributed by atoms with E-state index in [0.717, 1.165) is 42.5 Å². The minimum absolute atomic E-state index is 0.224. The third-order valence-corrected chi connectivity index (χ3v) is 4.16. The third kappa shape index (κ3) is 7.18. The van der Waals surface area contributed by atoms with Crippen LogP contribution in [0.4, 0.5) is 13.2 Å². The van der Waals surface area contributed by atoms with E-state index in [9.17, 15) is 32.7 Å². The van der Waals surface area contributed by atoms with Crippen LogP contribution < -0.4 is 18.9 Å². The number of esters is 3. The highest BCUT2D eigenvalue weighted by molar-refractivity contribution is 5.87. The molecule has 0 heterocycles. The van der Waals surface area contributed by atoms with Crippen LogP contribution >= 0.6 is 0 Å². The second-order valence-electron chi connectivity index (χ2n) is 6.65. The molecule has 0 spiro atoms. The fourth-order valence-corrected chi connectivity index (χ4v) is 2.76. The Labute approximate surface area is 203 Å². The molecular weight excluding hydrogens is 485 g/mol. The predicted octanol–water partition coefficient (Wildman–Crippen LogP) is 4.53. The molecule has 2 aromatic carbocycles. The van der Waals surface area contributed by atoms with Crippen LogP contribution in [0.15, 0.2) is 81.0 Å². The van der Waals surface area contributed by atoms with Crippen molar-refractivity contribution in [2.45, 2.75) is 12.5 Å². The summed E-state index contributed by atoms with van der Waals surface area (Å²) >= 11 is 0. The summed E-state index contributed by atoms with van der Waals surface area (Å²) < 4.78 is 62.6. The number of carbonyl (C=O) groups excluding carboxylic acids is 3. The molecule has 0 bridgehead atoms. The summed E-state index contributed by atoms with van der Waals surface area (Å²) in [6, 6.07) is 4.76. The van der Waals surface area contributed by atoms with E-state index < -0.39 is 53.0 Å². The van der Waals surface area contributed by atoms with E-state index in [4.69, 9.17) is 18.9 Å². The lowest BCUT2D eigenvalue weighted by atomic mass is 9.97. The summed E-state index contributed by atoms with van der Waals surface area (Å²) in [7, 11) is 0. The van der Waals surface area contributed by atoms with Gasteiger partial charge in [-0.05, 0) is 29.8 Å². The van der Waals surface area contributed by atoms with Crippen molar-refractivity contribution in [1.82, 2.24) is 0 Å². The zero-order valence-corrected chi connectivity index (χ0v) is 18.5. The zero-order chi connectivity index (χ0) is 27.0. The smallest absolute Gasteiger partial charge is 0.420 e. The van der Waals surface area contributed by atoms with Gasteiger partial charge in [-0.3, -0.25) is 0 Å². The number of carbonyl (C=O) groups is 3. The molecule has 0 aromatic heterocycles. The summed E-state index contributed by atoms with van der Waals surface area (Å²) in [6.07, 6.45) is -3.44. The fourth-order valence-electron chi connectivity index (χ4n) is 2.76. The molecule has 0 fully saturated rings. The lowest BCUT2D eigenvalue weighted by Crippen LogP contribution is -2.15. The maximum absolute atomic E-state index is 14.2. The van der Waals surface area contributed by atoms with Crippen molar-refractivity contribution in [3.05, 3.63) is 86.5 Å². The Morgan fingerprint density at radius 3 is 1.78 bits per heavy atom. The average molecular weight is 504 g/mol. The number of aliphatic hydroxyl groups is 1. The summed E-state index contributed by atoms with van der Waals surface area (Å²) in [5, 5.41) is 9.74. The van der Waals surface area contributed by atoms with Gasteiger partial charge in [0.05, 0.1) is 0 Å². The first-order chi connectivity index (χ1) is 16.9. The zero-order valence-electron chi connectivity index (χ0n) is 18.5. The summed E-state index contributed by atoms with van der Waals surface area (Å²) in [6.45, 7) is 12.9. The van der Waals surface area contributed by atoms with Gasteiger partial charge in [0.15, 0.2) is 0 Å². The van der Waals surface area contributed by atoms with Crippen molar-refractivity contribution in [2.75, 3.05) is 0 Å². The summed E-state index contributed by atoms with van der Waals surface area (Å²) in [4.78, 5) is 35.2. The lowest BCUT2D eigenvalue weighted by Gasteiger charge is -2.20. The van der Waals surface area contributed by atoms with E-state index in [1.54, 1.807) is 0 Å². The highest BCUT2D eigenvalue weighted by Crippen LogP contribution is 2.46. The van der Waals surface area contributed by atoms with Gasteiger partial charge in [-0.1, -0.05) is 26.3 Å². The Morgan fingerprint density at radius 1 is 0.778 bits per heavy atom. The van der Waals surface area contributed by atoms with Gasteiger partial charge in [0.2, 0.25) is 6.29 Å². The van der Waals surface area contributed by atoms with Gasteiger partial charge in [-0.25, -0.2) is 14.4 Å². The van der Waals surface area contributed by atoms with Gasteiger partial charge in [0.25, 0.3) is 0 Å². The molecule has 1 unspecified atom stereocenters. The molecule has 2 aromatic rings. The third-order valence-electron chi connectivity index (χ3n) is 4.16. The Balaban J connectivity index is 2.90. The number of rotatable bonds is 10. The van der Waals surface area contributed by atoms with E-state index in [1.165, 1.54) is 0 Å². The molecule has 2 rings (SSSR count). The number of hydrogen-bond donors (Lipinski definition) is 1. The summed E-state index contributed by atoms with van der Waals surface area (Å²) in [5.41, 5.74) is -2.37.